The Hall–Kier alpha value is -2.33. The zero-order chi connectivity index (χ0) is 28.7. The molecule has 2 rings (SSSR count). The SMILES string of the molecule is CCC(CC(CC(C)(C)C(=O)OCCN(C)C)c1ccc(C(C)(C)C)cc1)c1ccc(OC(C)(C)C)cc1. The van der Waals surface area contributed by atoms with Crippen LogP contribution in [0, 0.1) is 5.41 Å². The van der Waals surface area contributed by atoms with Gasteiger partial charge in [0.25, 0.3) is 0 Å². The van der Waals surface area contributed by atoms with E-state index < -0.39 is 5.41 Å². The molecule has 0 aliphatic rings. The summed E-state index contributed by atoms with van der Waals surface area (Å²) in [6.07, 6.45) is 2.74. The third-order valence-corrected chi connectivity index (χ3v) is 7.17. The van der Waals surface area contributed by atoms with Crippen LogP contribution in [-0.2, 0) is 14.9 Å². The number of likely N-dealkylation sites (N-methyl/N-ethyl adjacent to an activating group) is 1. The van der Waals surface area contributed by atoms with Gasteiger partial charge in [-0.15, -0.1) is 0 Å². The summed E-state index contributed by atoms with van der Waals surface area (Å²) in [5.74, 6) is 1.39. The molecule has 0 aliphatic carbocycles. The second-order valence-corrected chi connectivity index (χ2v) is 13.7. The summed E-state index contributed by atoms with van der Waals surface area (Å²) in [6.45, 7) is 20.4. The summed E-state index contributed by atoms with van der Waals surface area (Å²) in [7, 11) is 3.98. The van der Waals surface area contributed by atoms with Gasteiger partial charge in [0.05, 0.1) is 5.41 Å². The van der Waals surface area contributed by atoms with Crippen LogP contribution in [0.2, 0.25) is 0 Å². The third-order valence-electron chi connectivity index (χ3n) is 7.17. The number of hydrogen-bond donors (Lipinski definition) is 0. The van der Waals surface area contributed by atoms with Crippen LogP contribution in [0.1, 0.15) is 110 Å². The molecule has 0 fully saturated rings. The summed E-state index contributed by atoms with van der Waals surface area (Å²) in [5.41, 5.74) is 3.23. The van der Waals surface area contributed by atoms with Gasteiger partial charge in [-0.1, -0.05) is 64.1 Å². The number of hydrogen-bond acceptors (Lipinski definition) is 4. The van der Waals surface area contributed by atoms with Crippen molar-refractivity contribution in [3.8, 4) is 5.75 Å². The molecule has 0 aromatic heterocycles. The van der Waals surface area contributed by atoms with Gasteiger partial charge in [0.2, 0.25) is 0 Å². The highest BCUT2D eigenvalue weighted by Gasteiger charge is 2.34. The Morgan fingerprint density at radius 3 is 1.82 bits per heavy atom. The van der Waals surface area contributed by atoms with Gasteiger partial charge in [-0.05, 0) is 114 Å². The number of rotatable bonds is 12. The Labute approximate surface area is 233 Å². The van der Waals surface area contributed by atoms with Crippen molar-refractivity contribution in [3.63, 3.8) is 0 Å². The minimum atomic E-state index is -0.581. The maximum atomic E-state index is 13.1. The van der Waals surface area contributed by atoms with E-state index in [2.05, 4.69) is 97.0 Å². The number of carbonyl (C=O) groups is 1. The summed E-state index contributed by atoms with van der Waals surface area (Å²) < 4.78 is 11.7. The van der Waals surface area contributed by atoms with E-state index in [1.165, 1.54) is 16.7 Å². The summed E-state index contributed by atoms with van der Waals surface area (Å²) in [4.78, 5) is 15.2. The molecule has 2 aromatic carbocycles. The number of nitrogens with zero attached hydrogens (tertiary/aromatic N) is 1. The van der Waals surface area contributed by atoms with Gasteiger partial charge in [-0.3, -0.25) is 4.79 Å². The third kappa shape index (κ3) is 10.1. The molecule has 0 aliphatic heterocycles. The molecule has 0 bridgehead atoms. The van der Waals surface area contributed by atoms with E-state index in [1.807, 2.05) is 32.8 Å². The molecule has 4 nitrogen and oxygen atoms in total. The first kappa shape index (κ1) is 31.9. The van der Waals surface area contributed by atoms with E-state index in [-0.39, 0.29) is 22.9 Å². The van der Waals surface area contributed by atoms with Crippen molar-refractivity contribution in [1.82, 2.24) is 4.90 Å². The maximum absolute atomic E-state index is 13.1. The first-order valence-electron chi connectivity index (χ1n) is 14.2. The van der Waals surface area contributed by atoms with Gasteiger partial charge in [-0.25, -0.2) is 0 Å². The van der Waals surface area contributed by atoms with Crippen LogP contribution >= 0.6 is 0 Å². The fourth-order valence-electron chi connectivity index (χ4n) is 4.85. The summed E-state index contributed by atoms with van der Waals surface area (Å²) in [6, 6.07) is 17.6. The molecule has 0 spiro atoms. The Bertz CT molecular complexity index is 992. The van der Waals surface area contributed by atoms with Crippen molar-refractivity contribution >= 4 is 5.97 Å². The number of benzene rings is 2. The lowest BCUT2D eigenvalue weighted by atomic mass is 9.74. The second kappa shape index (κ2) is 13.2. The van der Waals surface area contributed by atoms with Crippen LogP contribution < -0.4 is 4.74 Å². The van der Waals surface area contributed by atoms with Gasteiger partial charge < -0.3 is 14.4 Å². The minimum absolute atomic E-state index is 0.104. The first-order chi connectivity index (χ1) is 17.5. The predicted octanol–water partition coefficient (Wildman–Crippen LogP) is 8.35. The first-order valence-corrected chi connectivity index (χ1v) is 14.2. The minimum Gasteiger partial charge on any atom is -0.488 e. The van der Waals surface area contributed by atoms with Crippen LogP contribution in [0.4, 0.5) is 0 Å². The van der Waals surface area contributed by atoms with Crippen molar-refractivity contribution in [1.29, 1.82) is 0 Å². The highest BCUT2D eigenvalue weighted by atomic mass is 16.5. The lowest BCUT2D eigenvalue weighted by Crippen LogP contribution is -2.31. The van der Waals surface area contributed by atoms with Crippen molar-refractivity contribution in [2.45, 2.75) is 104 Å². The standard InChI is InChI=1S/C34H53NO3/c1-12-25(26-15-19-30(20-16-26)38-33(5,6)7)23-28(27-13-17-29(18-14-27)32(2,3)4)24-34(8,9)31(36)37-22-21-35(10)11/h13-20,25,28H,12,21-24H2,1-11H3. The Morgan fingerprint density at radius 2 is 1.34 bits per heavy atom. The Kier molecular flexibility index (Phi) is 11.0. The molecule has 38 heavy (non-hydrogen) atoms. The van der Waals surface area contributed by atoms with Crippen LogP contribution in [0.15, 0.2) is 48.5 Å². The smallest absolute Gasteiger partial charge is 0.311 e. The summed E-state index contributed by atoms with van der Waals surface area (Å²) in [5, 5.41) is 0. The van der Waals surface area contributed by atoms with Gasteiger partial charge in [-0.2, -0.15) is 0 Å². The zero-order valence-corrected chi connectivity index (χ0v) is 26.0. The molecule has 2 aromatic rings. The molecule has 4 heteroatoms. The Balaban J connectivity index is 2.31. The number of esters is 1. The van der Waals surface area contributed by atoms with Gasteiger partial charge in [0.1, 0.15) is 18.0 Å². The molecular formula is C34H53NO3. The fourth-order valence-corrected chi connectivity index (χ4v) is 4.85. The van der Waals surface area contributed by atoms with E-state index in [9.17, 15) is 4.79 Å². The highest BCUT2D eigenvalue weighted by molar-refractivity contribution is 5.76. The van der Waals surface area contributed by atoms with Crippen molar-refractivity contribution in [2.24, 2.45) is 5.41 Å². The fraction of sp³-hybridized carbons (Fsp3) is 0.618. The average Bonchev–Trinajstić information content (AvgIpc) is 2.80. The van der Waals surface area contributed by atoms with Crippen LogP contribution in [0.25, 0.3) is 0 Å². The van der Waals surface area contributed by atoms with Gasteiger partial charge in [0.15, 0.2) is 0 Å². The lowest BCUT2D eigenvalue weighted by Gasteiger charge is -2.31. The number of carbonyl (C=O) groups excluding carboxylic acids is 1. The van der Waals surface area contributed by atoms with Crippen molar-refractivity contribution < 1.29 is 14.3 Å². The van der Waals surface area contributed by atoms with E-state index in [0.717, 1.165) is 31.6 Å². The normalized spacial score (nSPS) is 14.3. The second-order valence-electron chi connectivity index (χ2n) is 13.7. The molecule has 0 N–H and O–H groups in total. The largest absolute Gasteiger partial charge is 0.488 e. The zero-order valence-electron chi connectivity index (χ0n) is 26.0. The molecule has 0 saturated carbocycles. The van der Waals surface area contributed by atoms with E-state index in [4.69, 9.17) is 9.47 Å². The predicted molar refractivity (Wildman–Crippen MR) is 160 cm³/mol. The average molecular weight is 524 g/mol. The van der Waals surface area contributed by atoms with Crippen molar-refractivity contribution in [3.05, 3.63) is 65.2 Å². The van der Waals surface area contributed by atoms with Crippen molar-refractivity contribution in [2.75, 3.05) is 27.2 Å². The molecular weight excluding hydrogens is 470 g/mol. The monoisotopic (exact) mass is 523 g/mol. The molecule has 0 saturated heterocycles. The van der Waals surface area contributed by atoms with E-state index in [0.29, 0.717) is 12.5 Å². The highest BCUT2D eigenvalue weighted by Crippen LogP contribution is 2.41. The maximum Gasteiger partial charge on any atom is 0.311 e. The quantitative estimate of drug-likeness (QED) is 0.262. The summed E-state index contributed by atoms with van der Waals surface area (Å²) >= 11 is 0. The molecule has 0 radical (unpaired) electrons. The molecule has 2 unspecified atom stereocenters. The Morgan fingerprint density at radius 1 is 0.816 bits per heavy atom. The van der Waals surface area contributed by atoms with Gasteiger partial charge >= 0.3 is 5.97 Å². The van der Waals surface area contributed by atoms with Gasteiger partial charge in [0, 0.05) is 6.54 Å². The van der Waals surface area contributed by atoms with E-state index in [1.54, 1.807) is 0 Å². The van der Waals surface area contributed by atoms with Crippen LogP contribution in [0.3, 0.4) is 0 Å². The topological polar surface area (TPSA) is 38.8 Å². The molecule has 0 amide bonds. The van der Waals surface area contributed by atoms with E-state index >= 15 is 0 Å². The lowest BCUT2D eigenvalue weighted by molar-refractivity contribution is -0.154. The molecule has 2 atom stereocenters. The van der Waals surface area contributed by atoms with Crippen LogP contribution in [-0.4, -0.2) is 43.7 Å². The molecule has 0 heterocycles. The number of ether oxygens (including phenoxy) is 2. The van der Waals surface area contributed by atoms with Crippen LogP contribution in [0.5, 0.6) is 5.75 Å². The molecule has 212 valence electrons.